The summed E-state index contributed by atoms with van der Waals surface area (Å²) in [5, 5.41) is 3.76. The molecule has 0 saturated carbocycles. The van der Waals surface area contributed by atoms with E-state index in [2.05, 4.69) is 20.2 Å². The average molecular weight is 337 g/mol. The lowest BCUT2D eigenvalue weighted by atomic mass is 10.2. The van der Waals surface area contributed by atoms with Crippen LogP contribution < -0.4 is 10.1 Å². The fourth-order valence-electron chi connectivity index (χ4n) is 2.71. The Labute approximate surface area is 139 Å². The summed E-state index contributed by atoms with van der Waals surface area (Å²) in [5.74, 6) is 0.806. The molecule has 1 aliphatic heterocycles. The van der Waals surface area contributed by atoms with Crippen LogP contribution >= 0.6 is 11.6 Å². The Kier molecular flexibility index (Phi) is 4.93. The molecule has 1 unspecified atom stereocenters. The molecule has 5 nitrogen and oxygen atoms in total. The van der Waals surface area contributed by atoms with Crippen LogP contribution in [-0.4, -0.2) is 41.1 Å². The highest BCUT2D eigenvalue weighted by atomic mass is 35.5. The Hall–Kier alpha value is -1.92. The van der Waals surface area contributed by atoms with Crippen molar-refractivity contribution in [3.63, 3.8) is 0 Å². The molecule has 7 heteroatoms. The van der Waals surface area contributed by atoms with Crippen molar-refractivity contribution < 1.29 is 9.13 Å². The fraction of sp³-hybridized carbons (Fsp3) is 0.375. The molecule has 2 heterocycles. The van der Waals surface area contributed by atoms with Gasteiger partial charge in [-0.25, -0.2) is 9.37 Å². The Bertz CT molecular complexity index is 665. The lowest BCUT2D eigenvalue weighted by Crippen LogP contribution is -2.27. The van der Waals surface area contributed by atoms with Crippen LogP contribution in [0.25, 0.3) is 0 Å². The summed E-state index contributed by atoms with van der Waals surface area (Å²) in [6.45, 7) is 2.15. The van der Waals surface area contributed by atoms with Crippen molar-refractivity contribution in [2.75, 3.05) is 25.5 Å². The van der Waals surface area contributed by atoms with Crippen molar-refractivity contribution >= 4 is 17.5 Å². The van der Waals surface area contributed by atoms with Crippen LogP contribution in [0.15, 0.2) is 30.5 Å². The van der Waals surface area contributed by atoms with E-state index >= 15 is 0 Å². The first kappa shape index (κ1) is 16.0. The molecule has 23 heavy (non-hydrogen) atoms. The molecule has 1 aromatic heterocycles. The molecule has 0 bridgehead atoms. The van der Waals surface area contributed by atoms with E-state index < -0.39 is 0 Å². The fourth-order valence-corrected chi connectivity index (χ4v) is 2.93. The molecule has 1 N–H and O–H groups in total. The third kappa shape index (κ3) is 3.89. The van der Waals surface area contributed by atoms with Gasteiger partial charge < -0.3 is 10.1 Å². The molecule has 122 valence electrons. The van der Waals surface area contributed by atoms with Gasteiger partial charge in [-0.15, -0.1) is 0 Å². The van der Waals surface area contributed by atoms with E-state index in [0.717, 1.165) is 19.5 Å². The molecule has 1 saturated heterocycles. The van der Waals surface area contributed by atoms with Gasteiger partial charge in [0.1, 0.15) is 5.82 Å². The predicted octanol–water partition coefficient (Wildman–Crippen LogP) is 2.96. The minimum absolute atomic E-state index is 0.215. The van der Waals surface area contributed by atoms with Crippen molar-refractivity contribution in [2.24, 2.45) is 0 Å². The molecule has 3 rings (SSSR count). The van der Waals surface area contributed by atoms with Crippen LogP contribution in [0.4, 0.5) is 10.3 Å². The summed E-state index contributed by atoms with van der Waals surface area (Å²) in [5.41, 5.74) is 0.549. The van der Waals surface area contributed by atoms with Crippen LogP contribution in [0.1, 0.15) is 12.0 Å². The molecule has 0 aliphatic carbocycles. The first-order valence-electron chi connectivity index (χ1n) is 7.44. The van der Waals surface area contributed by atoms with Gasteiger partial charge in [0.05, 0.1) is 7.11 Å². The molecule has 0 radical (unpaired) electrons. The summed E-state index contributed by atoms with van der Waals surface area (Å²) in [4.78, 5) is 10.6. The average Bonchev–Trinajstić information content (AvgIpc) is 2.98. The number of likely N-dealkylation sites (tertiary alicyclic amines) is 1. The first-order valence-corrected chi connectivity index (χ1v) is 7.82. The molecule has 0 amide bonds. The van der Waals surface area contributed by atoms with E-state index in [4.69, 9.17) is 16.3 Å². The normalized spacial score (nSPS) is 18.1. The van der Waals surface area contributed by atoms with Crippen LogP contribution in [-0.2, 0) is 6.54 Å². The standard InChI is InChI=1S/C16H18ClFN4O/c1-23-15-5-7-19-16(21-15)20-11-6-8-22(9-11)10-12-13(17)3-2-4-14(12)18/h2-5,7,11H,6,8-10H2,1H3,(H,19,20,21). The number of hydrogen-bond donors (Lipinski definition) is 1. The number of hydrogen-bond acceptors (Lipinski definition) is 5. The number of halogens is 2. The molecule has 1 aliphatic rings. The maximum absolute atomic E-state index is 13.9. The van der Waals surface area contributed by atoms with Gasteiger partial charge in [0, 0.05) is 48.5 Å². The van der Waals surface area contributed by atoms with Crippen LogP contribution in [0.5, 0.6) is 5.88 Å². The zero-order valence-corrected chi connectivity index (χ0v) is 13.6. The maximum atomic E-state index is 13.9. The van der Waals surface area contributed by atoms with Crippen LogP contribution in [0.2, 0.25) is 5.02 Å². The van der Waals surface area contributed by atoms with Gasteiger partial charge in [-0.1, -0.05) is 17.7 Å². The highest BCUT2D eigenvalue weighted by molar-refractivity contribution is 6.31. The van der Waals surface area contributed by atoms with E-state index in [9.17, 15) is 4.39 Å². The quantitative estimate of drug-likeness (QED) is 0.909. The predicted molar refractivity (Wildman–Crippen MR) is 87.3 cm³/mol. The Morgan fingerprint density at radius 2 is 2.30 bits per heavy atom. The van der Waals surface area contributed by atoms with Gasteiger partial charge >= 0.3 is 0 Å². The zero-order valence-electron chi connectivity index (χ0n) is 12.8. The molecule has 1 aromatic carbocycles. The van der Waals surface area contributed by atoms with Crippen LogP contribution in [0, 0.1) is 5.82 Å². The van der Waals surface area contributed by atoms with E-state index in [1.807, 2.05) is 0 Å². The molecule has 0 spiro atoms. The highest BCUT2D eigenvalue weighted by Crippen LogP contribution is 2.23. The Morgan fingerprint density at radius 1 is 1.43 bits per heavy atom. The first-order chi connectivity index (χ1) is 11.2. The molecule has 1 atom stereocenters. The summed E-state index contributed by atoms with van der Waals surface area (Å²) in [6.07, 6.45) is 2.59. The molecular formula is C16H18ClFN4O. The Morgan fingerprint density at radius 3 is 3.09 bits per heavy atom. The topological polar surface area (TPSA) is 50.3 Å². The van der Waals surface area contributed by atoms with Gasteiger partial charge in [0.2, 0.25) is 11.8 Å². The SMILES string of the molecule is COc1ccnc(NC2CCN(Cc3c(F)cccc3Cl)C2)n1. The third-order valence-corrected chi connectivity index (χ3v) is 4.24. The van der Waals surface area contributed by atoms with Crippen molar-refractivity contribution in [1.82, 2.24) is 14.9 Å². The number of rotatable bonds is 5. The maximum Gasteiger partial charge on any atom is 0.226 e. The highest BCUT2D eigenvalue weighted by Gasteiger charge is 2.24. The van der Waals surface area contributed by atoms with Gasteiger partial charge in [-0.3, -0.25) is 4.90 Å². The number of aromatic nitrogens is 2. The van der Waals surface area contributed by atoms with E-state index in [-0.39, 0.29) is 11.9 Å². The summed E-state index contributed by atoms with van der Waals surface area (Å²) in [6, 6.07) is 6.70. The van der Waals surface area contributed by atoms with E-state index in [0.29, 0.717) is 29.0 Å². The second-order valence-corrected chi connectivity index (χ2v) is 5.90. The van der Waals surface area contributed by atoms with Crippen molar-refractivity contribution in [3.8, 4) is 5.88 Å². The number of methoxy groups -OCH3 is 1. The number of ether oxygens (including phenoxy) is 1. The van der Waals surface area contributed by atoms with Crippen molar-refractivity contribution in [1.29, 1.82) is 0 Å². The second kappa shape index (κ2) is 7.10. The van der Waals surface area contributed by atoms with E-state index in [1.165, 1.54) is 6.07 Å². The summed E-state index contributed by atoms with van der Waals surface area (Å²) < 4.78 is 19.0. The second-order valence-electron chi connectivity index (χ2n) is 5.49. The summed E-state index contributed by atoms with van der Waals surface area (Å²) >= 11 is 6.09. The number of benzene rings is 1. The van der Waals surface area contributed by atoms with Gasteiger partial charge in [0.25, 0.3) is 0 Å². The third-order valence-electron chi connectivity index (χ3n) is 3.89. The van der Waals surface area contributed by atoms with E-state index in [1.54, 1.807) is 31.5 Å². The molecular weight excluding hydrogens is 319 g/mol. The number of nitrogens with zero attached hydrogens (tertiary/aromatic N) is 3. The van der Waals surface area contributed by atoms with Gasteiger partial charge in [0.15, 0.2) is 0 Å². The van der Waals surface area contributed by atoms with Gasteiger partial charge in [-0.05, 0) is 18.6 Å². The largest absolute Gasteiger partial charge is 0.481 e. The minimum Gasteiger partial charge on any atom is -0.481 e. The van der Waals surface area contributed by atoms with Crippen molar-refractivity contribution in [3.05, 3.63) is 46.9 Å². The van der Waals surface area contributed by atoms with Gasteiger partial charge in [-0.2, -0.15) is 4.98 Å². The molecule has 2 aromatic rings. The lowest BCUT2D eigenvalue weighted by molar-refractivity contribution is 0.323. The Balaban J connectivity index is 1.60. The number of nitrogens with one attached hydrogen (secondary N) is 1. The zero-order chi connectivity index (χ0) is 16.2. The van der Waals surface area contributed by atoms with Crippen molar-refractivity contribution in [2.45, 2.75) is 19.0 Å². The smallest absolute Gasteiger partial charge is 0.226 e. The lowest BCUT2D eigenvalue weighted by Gasteiger charge is -2.18. The molecule has 1 fully saturated rings. The minimum atomic E-state index is -0.259. The van der Waals surface area contributed by atoms with Crippen LogP contribution in [0.3, 0.4) is 0 Å². The summed E-state index contributed by atoms with van der Waals surface area (Å²) in [7, 11) is 1.57. The monoisotopic (exact) mass is 336 g/mol. The number of anilines is 1.